The van der Waals surface area contributed by atoms with Gasteiger partial charge in [0.15, 0.2) is 0 Å². The van der Waals surface area contributed by atoms with Gasteiger partial charge in [-0.1, -0.05) is 35.9 Å². The number of benzene rings is 1. The molecule has 0 bridgehead atoms. The van der Waals surface area contributed by atoms with Gasteiger partial charge < -0.3 is 15.3 Å². The van der Waals surface area contributed by atoms with E-state index in [0.717, 1.165) is 11.1 Å². The summed E-state index contributed by atoms with van der Waals surface area (Å²) in [5.74, 6) is 0.327. The summed E-state index contributed by atoms with van der Waals surface area (Å²) in [5, 5.41) is 13.4. The van der Waals surface area contributed by atoms with Crippen LogP contribution in [0.4, 0.5) is 5.82 Å². The molecule has 1 aliphatic carbocycles. The highest BCUT2D eigenvalue weighted by molar-refractivity contribution is 6.29. The van der Waals surface area contributed by atoms with Gasteiger partial charge in [0.25, 0.3) is 5.91 Å². The minimum Gasteiger partial charge on any atom is -0.390 e. The maximum Gasteiger partial charge on any atom is 0.252 e. The fraction of sp³-hybridized carbons (Fsp3) is 0.294. The lowest BCUT2D eigenvalue weighted by molar-refractivity contribution is 0.0858. The standard InChI is InChI=1S/C17H18ClN3O2/c1-21(2)15-9-11(8-14(18)19-15)17(23)20-16-12-6-4-3-5-10(12)7-13(16)22/h3-6,8-9,13,16,22H,7H2,1-2H3,(H,20,23). The first-order valence-corrected chi connectivity index (χ1v) is 7.75. The van der Waals surface area contributed by atoms with E-state index in [4.69, 9.17) is 11.6 Å². The molecule has 5 nitrogen and oxygen atoms in total. The lowest BCUT2D eigenvalue weighted by atomic mass is 10.1. The van der Waals surface area contributed by atoms with Crippen molar-refractivity contribution in [1.82, 2.24) is 10.3 Å². The Bertz CT molecular complexity index is 748. The van der Waals surface area contributed by atoms with Crippen LogP contribution in [0.25, 0.3) is 0 Å². The topological polar surface area (TPSA) is 65.5 Å². The summed E-state index contributed by atoms with van der Waals surface area (Å²) in [6, 6.07) is 10.5. The predicted molar refractivity (Wildman–Crippen MR) is 89.9 cm³/mol. The highest BCUT2D eigenvalue weighted by atomic mass is 35.5. The second kappa shape index (κ2) is 6.18. The Morgan fingerprint density at radius 2 is 2.09 bits per heavy atom. The zero-order valence-corrected chi connectivity index (χ0v) is 13.7. The number of hydrogen-bond acceptors (Lipinski definition) is 4. The first-order valence-electron chi connectivity index (χ1n) is 7.37. The van der Waals surface area contributed by atoms with Gasteiger partial charge in [-0.2, -0.15) is 0 Å². The number of anilines is 1. The minimum absolute atomic E-state index is 0.258. The van der Waals surface area contributed by atoms with E-state index in [1.165, 1.54) is 6.07 Å². The molecule has 23 heavy (non-hydrogen) atoms. The summed E-state index contributed by atoms with van der Waals surface area (Å²) in [6.45, 7) is 0. The van der Waals surface area contributed by atoms with Crippen molar-refractivity contribution in [3.8, 4) is 0 Å². The Balaban J connectivity index is 1.85. The van der Waals surface area contributed by atoms with Crippen molar-refractivity contribution in [1.29, 1.82) is 0 Å². The Kier molecular flexibility index (Phi) is 4.24. The van der Waals surface area contributed by atoms with Crippen LogP contribution in [0.1, 0.15) is 27.5 Å². The SMILES string of the molecule is CN(C)c1cc(C(=O)NC2c3ccccc3CC2O)cc(Cl)n1. The molecule has 0 saturated heterocycles. The van der Waals surface area contributed by atoms with Gasteiger partial charge in [-0.3, -0.25) is 4.79 Å². The smallest absolute Gasteiger partial charge is 0.252 e. The largest absolute Gasteiger partial charge is 0.390 e. The second-order valence-electron chi connectivity index (χ2n) is 5.85. The molecule has 0 aliphatic heterocycles. The van der Waals surface area contributed by atoms with Crippen molar-refractivity contribution < 1.29 is 9.90 Å². The number of amides is 1. The zero-order valence-electron chi connectivity index (χ0n) is 13.0. The van der Waals surface area contributed by atoms with Gasteiger partial charge in [-0.25, -0.2) is 4.98 Å². The summed E-state index contributed by atoms with van der Waals surface area (Å²) in [4.78, 5) is 18.5. The minimum atomic E-state index is -0.623. The van der Waals surface area contributed by atoms with Crippen LogP contribution >= 0.6 is 11.6 Å². The number of halogens is 1. The van der Waals surface area contributed by atoms with Gasteiger partial charge >= 0.3 is 0 Å². The molecule has 1 aromatic carbocycles. The van der Waals surface area contributed by atoms with Gasteiger partial charge in [-0.05, 0) is 23.3 Å². The van der Waals surface area contributed by atoms with Crippen LogP contribution in [0.2, 0.25) is 5.15 Å². The van der Waals surface area contributed by atoms with Crippen molar-refractivity contribution in [3.63, 3.8) is 0 Å². The molecule has 0 fully saturated rings. The van der Waals surface area contributed by atoms with E-state index in [0.29, 0.717) is 17.8 Å². The summed E-state index contributed by atoms with van der Waals surface area (Å²) < 4.78 is 0. The number of pyridine rings is 1. The van der Waals surface area contributed by atoms with Gasteiger partial charge in [0.2, 0.25) is 0 Å². The molecule has 0 spiro atoms. The third-order valence-corrected chi connectivity index (χ3v) is 4.19. The molecule has 2 atom stereocenters. The Labute approximate surface area is 139 Å². The van der Waals surface area contributed by atoms with Crippen LogP contribution in [0.3, 0.4) is 0 Å². The molecule has 2 N–H and O–H groups in total. The molecule has 1 aromatic heterocycles. The van der Waals surface area contributed by atoms with Gasteiger partial charge in [-0.15, -0.1) is 0 Å². The molecule has 3 rings (SSSR count). The van der Waals surface area contributed by atoms with Crippen LogP contribution in [-0.4, -0.2) is 36.2 Å². The van der Waals surface area contributed by atoms with E-state index in [2.05, 4.69) is 10.3 Å². The van der Waals surface area contributed by atoms with E-state index < -0.39 is 12.1 Å². The highest BCUT2D eigenvalue weighted by Crippen LogP contribution is 2.31. The van der Waals surface area contributed by atoms with Crippen molar-refractivity contribution in [2.45, 2.75) is 18.6 Å². The predicted octanol–water partition coefficient (Wildman–Crippen LogP) is 2.19. The monoisotopic (exact) mass is 331 g/mol. The third-order valence-electron chi connectivity index (χ3n) is 3.99. The number of aliphatic hydroxyl groups excluding tert-OH is 1. The molecule has 6 heteroatoms. The summed E-state index contributed by atoms with van der Waals surface area (Å²) in [5.41, 5.74) is 2.44. The number of aliphatic hydroxyl groups is 1. The number of fused-ring (bicyclic) bond motifs is 1. The van der Waals surface area contributed by atoms with Crippen LogP contribution in [0.5, 0.6) is 0 Å². The average Bonchev–Trinajstić information content (AvgIpc) is 2.82. The van der Waals surface area contributed by atoms with E-state index in [-0.39, 0.29) is 11.1 Å². The third kappa shape index (κ3) is 3.16. The number of nitrogens with one attached hydrogen (secondary N) is 1. The number of carbonyl (C=O) groups is 1. The zero-order chi connectivity index (χ0) is 16.6. The van der Waals surface area contributed by atoms with Crippen LogP contribution in [0.15, 0.2) is 36.4 Å². The summed E-state index contributed by atoms with van der Waals surface area (Å²) in [7, 11) is 3.66. The molecule has 0 saturated carbocycles. The molecule has 1 amide bonds. The maximum atomic E-state index is 12.6. The molecule has 2 aromatic rings. The fourth-order valence-electron chi connectivity index (χ4n) is 2.82. The lowest BCUT2D eigenvalue weighted by Crippen LogP contribution is -2.34. The number of carbonyl (C=O) groups excluding carboxylic acids is 1. The van der Waals surface area contributed by atoms with Crippen molar-refractivity contribution in [2.24, 2.45) is 0 Å². The number of nitrogens with zero attached hydrogens (tertiary/aromatic N) is 2. The first-order chi connectivity index (χ1) is 11.0. The molecule has 1 aliphatic rings. The van der Waals surface area contributed by atoms with Gasteiger partial charge in [0, 0.05) is 26.1 Å². The lowest BCUT2D eigenvalue weighted by Gasteiger charge is -2.19. The van der Waals surface area contributed by atoms with Crippen molar-refractivity contribution >= 4 is 23.3 Å². The highest BCUT2D eigenvalue weighted by Gasteiger charge is 2.32. The van der Waals surface area contributed by atoms with E-state index in [9.17, 15) is 9.90 Å². The summed E-state index contributed by atoms with van der Waals surface area (Å²) >= 11 is 6.00. The van der Waals surface area contributed by atoms with E-state index >= 15 is 0 Å². The van der Waals surface area contributed by atoms with Crippen LogP contribution in [-0.2, 0) is 6.42 Å². The molecule has 2 unspecified atom stereocenters. The van der Waals surface area contributed by atoms with Gasteiger partial charge in [0.1, 0.15) is 11.0 Å². The number of rotatable bonds is 3. The quantitative estimate of drug-likeness (QED) is 0.846. The number of aromatic nitrogens is 1. The van der Waals surface area contributed by atoms with Gasteiger partial charge in [0.05, 0.1) is 12.1 Å². The van der Waals surface area contributed by atoms with Crippen LogP contribution in [0, 0.1) is 0 Å². The molecule has 0 radical (unpaired) electrons. The second-order valence-corrected chi connectivity index (χ2v) is 6.24. The Morgan fingerprint density at radius 1 is 1.35 bits per heavy atom. The van der Waals surface area contributed by atoms with Crippen molar-refractivity contribution in [2.75, 3.05) is 19.0 Å². The van der Waals surface area contributed by atoms with E-state index in [1.54, 1.807) is 11.0 Å². The van der Waals surface area contributed by atoms with Crippen LogP contribution < -0.4 is 10.2 Å². The Morgan fingerprint density at radius 3 is 2.83 bits per heavy atom. The molecule has 120 valence electrons. The van der Waals surface area contributed by atoms with E-state index in [1.807, 2.05) is 38.4 Å². The normalized spacial score (nSPS) is 19.3. The number of hydrogen-bond donors (Lipinski definition) is 2. The fourth-order valence-corrected chi connectivity index (χ4v) is 3.02. The molecular formula is C17H18ClN3O2. The molecule has 1 heterocycles. The Hall–Kier alpha value is -2.11. The maximum absolute atomic E-state index is 12.6. The first kappa shape index (κ1) is 15.8. The average molecular weight is 332 g/mol. The summed E-state index contributed by atoms with van der Waals surface area (Å²) in [6.07, 6.45) is -0.0803. The molecular weight excluding hydrogens is 314 g/mol. The van der Waals surface area contributed by atoms with Crippen molar-refractivity contribution in [3.05, 3.63) is 58.2 Å².